The van der Waals surface area contributed by atoms with Crippen LogP contribution in [-0.2, 0) is 0 Å². The first-order valence-corrected chi connectivity index (χ1v) is 6.76. The molecule has 1 fully saturated rings. The molecule has 0 bridgehead atoms. The van der Waals surface area contributed by atoms with Crippen LogP contribution in [0.3, 0.4) is 0 Å². The highest BCUT2D eigenvalue weighted by molar-refractivity contribution is 5.46. The molecule has 2 rings (SSSR count). The summed E-state index contributed by atoms with van der Waals surface area (Å²) in [6, 6.07) is 5.23. The van der Waals surface area contributed by atoms with Crippen molar-refractivity contribution in [2.75, 3.05) is 11.9 Å². The molecule has 2 heteroatoms. The van der Waals surface area contributed by atoms with Gasteiger partial charge in [0.2, 0.25) is 0 Å². The Hall–Kier alpha value is -1.05. The molecular formula is C15H22FN. The molecule has 17 heavy (non-hydrogen) atoms. The molecule has 1 nitrogen and oxygen atoms in total. The minimum absolute atomic E-state index is 0.140. The summed E-state index contributed by atoms with van der Waals surface area (Å²) in [4.78, 5) is 0. The lowest BCUT2D eigenvalue weighted by molar-refractivity contribution is 0.345. The summed E-state index contributed by atoms with van der Waals surface area (Å²) in [5, 5.41) is 3.23. The van der Waals surface area contributed by atoms with Crippen molar-refractivity contribution in [3.63, 3.8) is 0 Å². The molecule has 0 spiro atoms. The van der Waals surface area contributed by atoms with Crippen molar-refractivity contribution in [3.8, 4) is 0 Å². The van der Waals surface area contributed by atoms with Crippen molar-refractivity contribution >= 4 is 5.69 Å². The van der Waals surface area contributed by atoms with E-state index in [2.05, 4.69) is 5.32 Å². The van der Waals surface area contributed by atoms with E-state index in [1.54, 1.807) is 0 Å². The molecule has 94 valence electrons. The molecule has 1 N–H and O–H groups in total. The Morgan fingerprint density at radius 1 is 1.24 bits per heavy atom. The second-order valence-electron chi connectivity index (χ2n) is 5.20. The summed E-state index contributed by atoms with van der Waals surface area (Å²) in [6.07, 6.45) is 8.05. The minimum Gasteiger partial charge on any atom is -0.383 e. The van der Waals surface area contributed by atoms with Crippen LogP contribution >= 0.6 is 0 Å². The zero-order chi connectivity index (χ0) is 12.1. The second kappa shape index (κ2) is 6.04. The fourth-order valence-electron chi connectivity index (χ4n) is 2.66. The van der Waals surface area contributed by atoms with Crippen molar-refractivity contribution in [2.45, 2.75) is 45.4 Å². The summed E-state index contributed by atoms with van der Waals surface area (Å²) < 4.78 is 13.5. The number of hydrogen-bond donors (Lipinski definition) is 1. The van der Waals surface area contributed by atoms with Crippen LogP contribution in [0.15, 0.2) is 18.2 Å². The van der Waals surface area contributed by atoms with Crippen molar-refractivity contribution in [1.29, 1.82) is 0 Å². The zero-order valence-corrected chi connectivity index (χ0v) is 10.6. The number of anilines is 1. The molecule has 1 aliphatic carbocycles. The Bertz CT molecular complexity index is 356. The fourth-order valence-corrected chi connectivity index (χ4v) is 2.66. The van der Waals surface area contributed by atoms with E-state index in [9.17, 15) is 4.39 Å². The summed E-state index contributed by atoms with van der Waals surface area (Å²) in [5.41, 5.74) is 1.76. The van der Waals surface area contributed by atoms with Crippen molar-refractivity contribution < 1.29 is 4.39 Å². The van der Waals surface area contributed by atoms with Gasteiger partial charge in [0, 0.05) is 6.54 Å². The first-order valence-electron chi connectivity index (χ1n) is 6.76. The molecule has 1 aromatic rings. The predicted molar refractivity (Wildman–Crippen MR) is 70.8 cm³/mol. The topological polar surface area (TPSA) is 12.0 Å². The molecule has 0 saturated heterocycles. The van der Waals surface area contributed by atoms with Gasteiger partial charge in [-0.2, -0.15) is 0 Å². The maximum Gasteiger partial charge on any atom is 0.146 e. The first kappa shape index (κ1) is 12.4. The van der Waals surface area contributed by atoms with Crippen molar-refractivity contribution in [1.82, 2.24) is 0 Å². The molecule has 1 aromatic carbocycles. The van der Waals surface area contributed by atoms with Gasteiger partial charge in [0.15, 0.2) is 0 Å². The maximum atomic E-state index is 13.5. The number of halogens is 1. The largest absolute Gasteiger partial charge is 0.383 e. The Labute approximate surface area is 103 Å². The van der Waals surface area contributed by atoms with Crippen LogP contribution in [0.25, 0.3) is 0 Å². The van der Waals surface area contributed by atoms with E-state index in [1.807, 2.05) is 19.1 Å². The number of rotatable bonds is 4. The SMILES string of the molecule is Cc1ccc(F)c(NCCC2CCCCC2)c1. The van der Waals surface area contributed by atoms with E-state index in [1.165, 1.54) is 44.6 Å². The molecule has 0 aromatic heterocycles. The Morgan fingerprint density at radius 2 is 2.00 bits per heavy atom. The molecule has 0 aliphatic heterocycles. The van der Waals surface area contributed by atoms with E-state index < -0.39 is 0 Å². The lowest BCUT2D eigenvalue weighted by Crippen LogP contribution is -2.12. The third kappa shape index (κ3) is 3.72. The third-order valence-corrected chi connectivity index (χ3v) is 3.71. The molecule has 0 heterocycles. The van der Waals surface area contributed by atoms with Gasteiger partial charge in [-0.25, -0.2) is 4.39 Å². The van der Waals surface area contributed by atoms with E-state index in [-0.39, 0.29) is 5.82 Å². The third-order valence-electron chi connectivity index (χ3n) is 3.71. The van der Waals surface area contributed by atoms with Gasteiger partial charge in [0.25, 0.3) is 0 Å². The molecule has 0 atom stereocenters. The van der Waals surface area contributed by atoms with Gasteiger partial charge < -0.3 is 5.32 Å². The highest BCUT2D eigenvalue weighted by atomic mass is 19.1. The maximum absolute atomic E-state index is 13.5. The summed E-state index contributed by atoms with van der Waals surface area (Å²) >= 11 is 0. The number of benzene rings is 1. The van der Waals surface area contributed by atoms with Gasteiger partial charge in [-0.05, 0) is 37.0 Å². The van der Waals surface area contributed by atoms with Gasteiger partial charge in [0.05, 0.1) is 5.69 Å². The number of nitrogens with one attached hydrogen (secondary N) is 1. The Kier molecular flexibility index (Phi) is 4.41. The highest BCUT2D eigenvalue weighted by Gasteiger charge is 2.12. The predicted octanol–water partition coefficient (Wildman–Crippen LogP) is 4.52. The summed E-state index contributed by atoms with van der Waals surface area (Å²) in [5.74, 6) is 0.711. The monoisotopic (exact) mass is 235 g/mol. The second-order valence-corrected chi connectivity index (χ2v) is 5.20. The average Bonchev–Trinajstić information content (AvgIpc) is 2.35. The summed E-state index contributed by atoms with van der Waals surface area (Å²) in [6.45, 7) is 2.89. The quantitative estimate of drug-likeness (QED) is 0.809. The highest BCUT2D eigenvalue weighted by Crippen LogP contribution is 2.26. The van der Waals surface area contributed by atoms with E-state index >= 15 is 0 Å². The van der Waals surface area contributed by atoms with Crippen LogP contribution in [0.4, 0.5) is 10.1 Å². The van der Waals surface area contributed by atoms with Gasteiger partial charge in [-0.3, -0.25) is 0 Å². The number of hydrogen-bond acceptors (Lipinski definition) is 1. The smallest absolute Gasteiger partial charge is 0.146 e. The van der Waals surface area contributed by atoms with Crippen LogP contribution < -0.4 is 5.32 Å². The first-order chi connectivity index (χ1) is 8.25. The van der Waals surface area contributed by atoms with Crippen molar-refractivity contribution in [2.24, 2.45) is 5.92 Å². The number of aryl methyl sites for hydroxylation is 1. The minimum atomic E-state index is -0.140. The standard InChI is InChI=1S/C15H22FN/c1-12-7-8-14(16)15(11-12)17-10-9-13-5-3-2-4-6-13/h7-8,11,13,17H,2-6,9-10H2,1H3. The summed E-state index contributed by atoms with van der Waals surface area (Å²) in [7, 11) is 0. The van der Waals surface area contributed by atoms with Crippen LogP contribution in [0.5, 0.6) is 0 Å². The Balaban J connectivity index is 1.79. The molecule has 1 aliphatic rings. The van der Waals surface area contributed by atoms with Gasteiger partial charge >= 0.3 is 0 Å². The van der Waals surface area contributed by atoms with Crippen LogP contribution in [0.2, 0.25) is 0 Å². The van der Waals surface area contributed by atoms with Gasteiger partial charge in [-0.15, -0.1) is 0 Å². The molecular weight excluding hydrogens is 213 g/mol. The Morgan fingerprint density at radius 3 is 2.76 bits per heavy atom. The molecule has 1 saturated carbocycles. The fraction of sp³-hybridized carbons (Fsp3) is 0.600. The lowest BCUT2D eigenvalue weighted by atomic mass is 9.87. The zero-order valence-electron chi connectivity index (χ0n) is 10.6. The normalized spacial score (nSPS) is 17.1. The van der Waals surface area contributed by atoms with E-state index in [4.69, 9.17) is 0 Å². The van der Waals surface area contributed by atoms with Crippen LogP contribution in [0, 0.1) is 18.7 Å². The van der Waals surface area contributed by atoms with Crippen LogP contribution in [0.1, 0.15) is 44.1 Å². The average molecular weight is 235 g/mol. The van der Waals surface area contributed by atoms with E-state index in [0.717, 1.165) is 18.0 Å². The lowest BCUT2D eigenvalue weighted by Gasteiger charge is -2.21. The van der Waals surface area contributed by atoms with Crippen molar-refractivity contribution in [3.05, 3.63) is 29.6 Å². The molecule has 0 amide bonds. The molecule has 0 radical (unpaired) electrons. The van der Waals surface area contributed by atoms with Gasteiger partial charge in [-0.1, -0.05) is 38.2 Å². The van der Waals surface area contributed by atoms with Gasteiger partial charge in [0.1, 0.15) is 5.82 Å². The molecule has 0 unspecified atom stereocenters. The van der Waals surface area contributed by atoms with Crippen LogP contribution in [-0.4, -0.2) is 6.54 Å². The van der Waals surface area contributed by atoms with E-state index in [0.29, 0.717) is 5.69 Å².